The number of hydrogen-bond acceptors (Lipinski definition) is 4. The number of fused-ring (bicyclic) bond motifs is 2. The van der Waals surface area contributed by atoms with Gasteiger partial charge < -0.3 is 10.1 Å². The molecule has 0 unspecified atom stereocenters. The van der Waals surface area contributed by atoms with Gasteiger partial charge in [0.05, 0.1) is 16.9 Å². The summed E-state index contributed by atoms with van der Waals surface area (Å²) >= 11 is 0. The second-order valence-corrected chi connectivity index (χ2v) is 6.44. The van der Waals surface area contributed by atoms with E-state index in [4.69, 9.17) is 5.73 Å². The Bertz CT molecular complexity index is 1060. The van der Waals surface area contributed by atoms with E-state index < -0.39 is 0 Å². The molecule has 1 aliphatic rings. The van der Waals surface area contributed by atoms with Crippen molar-refractivity contribution >= 4 is 22.2 Å². The van der Waals surface area contributed by atoms with Gasteiger partial charge in [-0.3, -0.25) is 4.98 Å². The van der Waals surface area contributed by atoms with E-state index in [9.17, 15) is 0 Å². The fourth-order valence-corrected chi connectivity index (χ4v) is 3.40. The van der Waals surface area contributed by atoms with Crippen molar-refractivity contribution in [1.29, 1.82) is 0 Å². The highest BCUT2D eigenvalue weighted by Gasteiger charge is 2.23. The number of aromatic nitrogens is 4. The molecule has 0 saturated heterocycles. The molecule has 1 fully saturated rings. The van der Waals surface area contributed by atoms with Crippen LogP contribution in [-0.4, -0.2) is 19.4 Å². The number of anilines is 1. The molecule has 3 heterocycles. The van der Waals surface area contributed by atoms with Gasteiger partial charge in [0, 0.05) is 29.3 Å². The Morgan fingerprint density at radius 2 is 2.04 bits per heavy atom. The molecule has 3 aromatic heterocycles. The lowest BCUT2D eigenvalue weighted by Crippen LogP contribution is -2.12. The van der Waals surface area contributed by atoms with Crippen LogP contribution >= 0.6 is 0 Å². The highest BCUT2D eigenvalue weighted by molar-refractivity contribution is 5.90. The Labute approximate surface area is 139 Å². The summed E-state index contributed by atoms with van der Waals surface area (Å²) in [6.45, 7) is 0. The third-order valence-corrected chi connectivity index (χ3v) is 4.96. The van der Waals surface area contributed by atoms with Crippen molar-refractivity contribution in [2.45, 2.75) is 25.2 Å². The summed E-state index contributed by atoms with van der Waals surface area (Å²) in [6.07, 6.45) is 9.40. The van der Waals surface area contributed by atoms with E-state index in [0.717, 1.165) is 33.4 Å². The molecule has 0 spiro atoms. The summed E-state index contributed by atoms with van der Waals surface area (Å²) < 4.78 is 2.01. The second-order valence-electron chi connectivity index (χ2n) is 6.44. The van der Waals surface area contributed by atoms with Crippen LogP contribution in [0.25, 0.3) is 27.7 Å². The van der Waals surface area contributed by atoms with Crippen molar-refractivity contribution in [2.24, 2.45) is 0 Å². The predicted octanol–water partition coefficient (Wildman–Crippen LogP) is 3.79. The molecule has 5 rings (SSSR count). The average Bonchev–Trinajstić information content (AvgIpc) is 2.97. The Hall–Kier alpha value is -2.95. The molecule has 1 saturated carbocycles. The van der Waals surface area contributed by atoms with Gasteiger partial charge in [-0.05, 0) is 25.0 Å². The van der Waals surface area contributed by atoms with Crippen LogP contribution < -0.4 is 5.73 Å². The van der Waals surface area contributed by atoms with Crippen molar-refractivity contribution in [2.75, 3.05) is 5.73 Å². The Balaban J connectivity index is 1.68. The number of imidazole rings is 1. The van der Waals surface area contributed by atoms with Gasteiger partial charge >= 0.3 is 0 Å². The number of pyridine rings is 1. The van der Waals surface area contributed by atoms with Gasteiger partial charge in [-0.15, -0.1) is 0 Å². The van der Waals surface area contributed by atoms with Crippen LogP contribution in [0.4, 0.5) is 5.82 Å². The minimum Gasteiger partial charge on any atom is -0.382 e. The number of nitrogens with two attached hydrogens (primary N) is 1. The van der Waals surface area contributed by atoms with E-state index in [1.165, 1.54) is 19.3 Å². The highest BCUT2D eigenvalue weighted by Crippen LogP contribution is 2.37. The molecule has 2 N–H and O–H groups in total. The number of nitrogen functional groups attached to an aromatic ring is 1. The standard InChI is InChI=1S/C19H17N5/c20-19-18-17(14-7-6-13-5-2-8-21-15(13)9-14)22-11-24(18)10-16(23-19)12-3-1-4-12/h2,5-12H,1,3-4H2,(H2,20,23). The van der Waals surface area contributed by atoms with Crippen LogP contribution in [0.5, 0.6) is 0 Å². The molecular formula is C19H17N5. The zero-order chi connectivity index (χ0) is 16.1. The Kier molecular flexibility index (Phi) is 2.82. The minimum atomic E-state index is 0.549. The normalized spacial score (nSPS) is 15.0. The molecule has 5 heteroatoms. The first-order valence-corrected chi connectivity index (χ1v) is 8.28. The molecule has 0 amide bonds. The largest absolute Gasteiger partial charge is 0.382 e. The lowest BCUT2D eigenvalue weighted by molar-refractivity contribution is 0.410. The Morgan fingerprint density at radius 3 is 2.88 bits per heavy atom. The number of hydrogen-bond donors (Lipinski definition) is 1. The molecule has 5 nitrogen and oxygen atoms in total. The lowest BCUT2D eigenvalue weighted by atomic mass is 9.83. The summed E-state index contributed by atoms with van der Waals surface area (Å²) in [7, 11) is 0. The van der Waals surface area contributed by atoms with Crippen molar-refractivity contribution in [3.8, 4) is 11.3 Å². The van der Waals surface area contributed by atoms with E-state index in [0.29, 0.717) is 11.7 Å². The van der Waals surface area contributed by atoms with Gasteiger partial charge in [-0.2, -0.15) is 0 Å². The van der Waals surface area contributed by atoms with Crippen LogP contribution in [0.2, 0.25) is 0 Å². The van der Waals surface area contributed by atoms with Gasteiger partial charge in [0.1, 0.15) is 17.7 Å². The molecule has 0 radical (unpaired) electrons. The maximum Gasteiger partial charge on any atom is 0.150 e. The zero-order valence-corrected chi connectivity index (χ0v) is 13.2. The molecule has 0 bridgehead atoms. The number of benzene rings is 1. The highest BCUT2D eigenvalue weighted by atomic mass is 15.0. The van der Waals surface area contributed by atoms with Gasteiger partial charge in [0.15, 0.2) is 0 Å². The minimum absolute atomic E-state index is 0.549. The van der Waals surface area contributed by atoms with Crippen molar-refractivity contribution in [3.63, 3.8) is 0 Å². The molecular weight excluding hydrogens is 298 g/mol. The summed E-state index contributed by atoms with van der Waals surface area (Å²) in [5.74, 6) is 1.10. The monoisotopic (exact) mass is 315 g/mol. The molecule has 118 valence electrons. The van der Waals surface area contributed by atoms with Crippen molar-refractivity contribution < 1.29 is 0 Å². The molecule has 1 aliphatic carbocycles. The molecule has 24 heavy (non-hydrogen) atoms. The van der Waals surface area contributed by atoms with Gasteiger partial charge in [-0.1, -0.05) is 24.6 Å². The van der Waals surface area contributed by atoms with Crippen LogP contribution in [0.3, 0.4) is 0 Å². The fraction of sp³-hybridized carbons (Fsp3) is 0.211. The van der Waals surface area contributed by atoms with Crippen LogP contribution in [0, 0.1) is 0 Å². The maximum atomic E-state index is 6.28. The third kappa shape index (κ3) is 1.98. The molecule has 0 atom stereocenters. The summed E-state index contributed by atoms with van der Waals surface area (Å²) in [6, 6.07) is 10.2. The quantitative estimate of drug-likeness (QED) is 0.611. The SMILES string of the molecule is Nc1nc(C2CCC2)cn2cnc(-c3ccc4cccnc4c3)c12. The molecule has 0 aliphatic heterocycles. The predicted molar refractivity (Wildman–Crippen MR) is 94.7 cm³/mol. The zero-order valence-electron chi connectivity index (χ0n) is 13.2. The van der Waals surface area contributed by atoms with E-state index in [-0.39, 0.29) is 0 Å². The first-order chi connectivity index (χ1) is 11.8. The first-order valence-electron chi connectivity index (χ1n) is 8.28. The van der Waals surface area contributed by atoms with Gasteiger partial charge in [0.2, 0.25) is 0 Å². The average molecular weight is 315 g/mol. The smallest absolute Gasteiger partial charge is 0.150 e. The second kappa shape index (κ2) is 5.03. The fourth-order valence-electron chi connectivity index (χ4n) is 3.40. The number of nitrogens with zero attached hydrogens (tertiary/aromatic N) is 4. The molecule has 1 aromatic carbocycles. The van der Waals surface area contributed by atoms with Gasteiger partial charge in [-0.25, -0.2) is 9.97 Å². The van der Waals surface area contributed by atoms with Crippen LogP contribution in [0.15, 0.2) is 49.1 Å². The summed E-state index contributed by atoms with van der Waals surface area (Å²) in [5, 5.41) is 1.11. The van der Waals surface area contributed by atoms with Crippen LogP contribution in [-0.2, 0) is 0 Å². The van der Waals surface area contributed by atoms with E-state index >= 15 is 0 Å². The topological polar surface area (TPSA) is 69.1 Å². The van der Waals surface area contributed by atoms with E-state index in [2.05, 4.69) is 45.4 Å². The lowest BCUT2D eigenvalue weighted by Gasteiger charge is -2.24. The first kappa shape index (κ1) is 13.5. The van der Waals surface area contributed by atoms with Gasteiger partial charge in [0.25, 0.3) is 0 Å². The number of rotatable bonds is 2. The van der Waals surface area contributed by atoms with E-state index in [1.807, 2.05) is 16.8 Å². The summed E-state index contributed by atoms with van der Waals surface area (Å²) in [5.41, 5.74) is 11.0. The third-order valence-electron chi connectivity index (χ3n) is 4.96. The summed E-state index contributed by atoms with van der Waals surface area (Å²) in [4.78, 5) is 13.7. The van der Waals surface area contributed by atoms with Crippen molar-refractivity contribution in [3.05, 3.63) is 54.7 Å². The maximum absolute atomic E-state index is 6.28. The Morgan fingerprint density at radius 1 is 1.12 bits per heavy atom. The van der Waals surface area contributed by atoms with Crippen LogP contribution in [0.1, 0.15) is 30.9 Å². The molecule has 4 aromatic rings. The van der Waals surface area contributed by atoms with E-state index in [1.54, 1.807) is 6.20 Å². The van der Waals surface area contributed by atoms with Crippen molar-refractivity contribution in [1.82, 2.24) is 19.4 Å².